The number of anilines is 1. The first-order valence-electron chi connectivity index (χ1n) is 8.63. The molecule has 0 aromatic heterocycles. The lowest BCUT2D eigenvalue weighted by Crippen LogP contribution is -2.34. The summed E-state index contributed by atoms with van der Waals surface area (Å²) in [7, 11) is 0. The van der Waals surface area contributed by atoms with E-state index in [0.29, 0.717) is 0 Å². The van der Waals surface area contributed by atoms with Crippen LogP contribution >= 0.6 is 12.4 Å². The molecule has 4 unspecified atom stereocenters. The number of aliphatic hydroxyl groups excluding tert-OH is 1. The second kappa shape index (κ2) is 8.70. The number of aliphatic hydroxyl groups is 1. The third-order valence-electron chi connectivity index (χ3n) is 4.92. The lowest BCUT2D eigenvalue weighted by Gasteiger charge is -2.28. The van der Waals surface area contributed by atoms with E-state index in [1.165, 1.54) is 0 Å². The molecule has 3 rings (SSSR count). The molecule has 5 nitrogen and oxygen atoms in total. The normalized spacial score (nSPS) is 29.6. The minimum Gasteiger partial charge on any atom is -0.488 e. The minimum absolute atomic E-state index is 0. The van der Waals surface area contributed by atoms with Crippen LogP contribution in [0.5, 0.6) is 5.75 Å². The van der Waals surface area contributed by atoms with E-state index >= 15 is 0 Å². The molecule has 2 saturated carbocycles. The summed E-state index contributed by atoms with van der Waals surface area (Å²) in [4.78, 5) is 12.2. The van der Waals surface area contributed by atoms with Gasteiger partial charge in [0.05, 0.1) is 6.10 Å². The van der Waals surface area contributed by atoms with Crippen molar-refractivity contribution in [3.05, 3.63) is 24.3 Å². The van der Waals surface area contributed by atoms with Gasteiger partial charge in [-0.2, -0.15) is 0 Å². The largest absolute Gasteiger partial charge is 0.488 e. The molecule has 4 atom stereocenters. The van der Waals surface area contributed by atoms with E-state index < -0.39 is 0 Å². The molecule has 0 radical (unpaired) electrons. The van der Waals surface area contributed by atoms with E-state index in [4.69, 9.17) is 10.5 Å². The molecule has 1 aromatic rings. The molecule has 134 valence electrons. The molecular formula is C18H27ClN2O3. The van der Waals surface area contributed by atoms with Crippen molar-refractivity contribution < 1.29 is 14.6 Å². The fourth-order valence-electron chi connectivity index (χ4n) is 3.51. The highest BCUT2D eigenvalue weighted by molar-refractivity contribution is 5.92. The van der Waals surface area contributed by atoms with Crippen molar-refractivity contribution in [1.29, 1.82) is 0 Å². The summed E-state index contributed by atoms with van der Waals surface area (Å²) >= 11 is 0. The van der Waals surface area contributed by atoms with Crippen LogP contribution in [0.15, 0.2) is 24.3 Å². The van der Waals surface area contributed by atoms with Gasteiger partial charge in [-0.25, -0.2) is 0 Å². The number of hydrogen-bond donors (Lipinski definition) is 3. The maximum atomic E-state index is 12.2. The van der Waals surface area contributed by atoms with E-state index in [0.717, 1.165) is 56.4 Å². The van der Waals surface area contributed by atoms with Gasteiger partial charge in [0.25, 0.3) is 0 Å². The van der Waals surface area contributed by atoms with Crippen LogP contribution in [0.4, 0.5) is 5.69 Å². The van der Waals surface area contributed by atoms with Crippen LogP contribution in [0, 0.1) is 5.92 Å². The van der Waals surface area contributed by atoms with Gasteiger partial charge in [-0.15, -0.1) is 12.4 Å². The van der Waals surface area contributed by atoms with E-state index in [2.05, 4.69) is 5.32 Å². The predicted molar refractivity (Wildman–Crippen MR) is 96.5 cm³/mol. The average Bonchev–Trinajstić information content (AvgIpc) is 2.98. The van der Waals surface area contributed by atoms with E-state index in [-0.39, 0.29) is 42.5 Å². The summed E-state index contributed by atoms with van der Waals surface area (Å²) in [5.41, 5.74) is 6.63. The lowest BCUT2D eigenvalue weighted by atomic mass is 9.95. The molecule has 2 fully saturated rings. The van der Waals surface area contributed by atoms with Crippen molar-refractivity contribution in [3.8, 4) is 5.75 Å². The Morgan fingerprint density at radius 1 is 1.12 bits per heavy atom. The summed E-state index contributed by atoms with van der Waals surface area (Å²) < 4.78 is 5.86. The average molecular weight is 355 g/mol. The zero-order valence-corrected chi connectivity index (χ0v) is 14.6. The van der Waals surface area contributed by atoms with Crippen molar-refractivity contribution in [2.75, 3.05) is 5.32 Å². The first-order chi connectivity index (χ1) is 11.1. The Bertz CT molecular complexity index is 538. The van der Waals surface area contributed by atoms with Gasteiger partial charge in [-0.1, -0.05) is 6.42 Å². The number of hydrogen-bond acceptors (Lipinski definition) is 4. The molecule has 0 heterocycles. The van der Waals surface area contributed by atoms with Gasteiger partial charge in [-0.3, -0.25) is 4.79 Å². The number of nitrogens with one attached hydrogen (secondary N) is 1. The number of amides is 1. The number of nitrogens with two attached hydrogens (primary N) is 1. The maximum Gasteiger partial charge on any atom is 0.227 e. The summed E-state index contributed by atoms with van der Waals surface area (Å²) in [5.74, 6) is 0.810. The van der Waals surface area contributed by atoms with E-state index in [9.17, 15) is 9.90 Å². The molecule has 0 saturated heterocycles. The first kappa shape index (κ1) is 19.0. The predicted octanol–water partition coefficient (Wildman–Crippen LogP) is 2.86. The minimum atomic E-state index is -0.380. The zero-order valence-electron chi connectivity index (χ0n) is 13.8. The summed E-state index contributed by atoms with van der Waals surface area (Å²) in [5, 5.41) is 12.9. The fraction of sp³-hybridized carbons (Fsp3) is 0.611. The quantitative estimate of drug-likeness (QED) is 0.776. The number of rotatable bonds is 4. The van der Waals surface area contributed by atoms with Gasteiger partial charge in [-0.05, 0) is 62.8 Å². The highest BCUT2D eigenvalue weighted by Crippen LogP contribution is 2.27. The summed E-state index contributed by atoms with van der Waals surface area (Å²) in [6.45, 7) is 0. The van der Waals surface area contributed by atoms with Crippen LogP contribution in [0.2, 0.25) is 0 Å². The standard InChI is InChI=1S/C18H26N2O3.ClH/c19-13-6-5-12(11-13)18(22)20-14-7-9-15(10-8-14)23-17-4-2-1-3-16(17)21;/h7-10,12-13,16-17,21H,1-6,11,19H2,(H,20,22);1H. The van der Waals surface area contributed by atoms with Crippen LogP contribution in [-0.4, -0.2) is 29.3 Å². The maximum absolute atomic E-state index is 12.2. The van der Waals surface area contributed by atoms with Crippen molar-refractivity contribution in [2.24, 2.45) is 11.7 Å². The van der Waals surface area contributed by atoms with E-state index in [1.807, 2.05) is 24.3 Å². The van der Waals surface area contributed by atoms with Gasteiger partial charge < -0.3 is 20.9 Å². The lowest BCUT2D eigenvalue weighted by molar-refractivity contribution is -0.119. The number of carbonyl (C=O) groups is 1. The molecule has 24 heavy (non-hydrogen) atoms. The van der Waals surface area contributed by atoms with Gasteiger partial charge in [0.15, 0.2) is 0 Å². The third kappa shape index (κ3) is 4.85. The molecule has 2 aliphatic carbocycles. The Kier molecular flexibility index (Phi) is 6.90. The molecule has 0 aliphatic heterocycles. The Labute approximate surface area is 149 Å². The molecule has 6 heteroatoms. The molecule has 4 N–H and O–H groups in total. The Balaban J connectivity index is 0.00000208. The summed E-state index contributed by atoms with van der Waals surface area (Å²) in [6, 6.07) is 7.53. The van der Waals surface area contributed by atoms with Crippen LogP contribution in [0.3, 0.4) is 0 Å². The second-order valence-corrected chi connectivity index (χ2v) is 6.79. The molecule has 2 aliphatic rings. The zero-order chi connectivity index (χ0) is 16.2. The molecule has 0 bridgehead atoms. The number of benzene rings is 1. The molecule has 0 spiro atoms. The van der Waals surface area contributed by atoms with Crippen LogP contribution in [0.1, 0.15) is 44.9 Å². The van der Waals surface area contributed by atoms with Gasteiger partial charge in [0.2, 0.25) is 5.91 Å². The highest BCUT2D eigenvalue weighted by Gasteiger charge is 2.28. The third-order valence-corrected chi connectivity index (χ3v) is 4.92. The molecular weight excluding hydrogens is 328 g/mol. The number of ether oxygens (including phenoxy) is 1. The van der Waals surface area contributed by atoms with Gasteiger partial charge in [0, 0.05) is 17.6 Å². The van der Waals surface area contributed by atoms with Crippen LogP contribution in [0.25, 0.3) is 0 Å². The van der Waals surface area contributed by atoms with Crippen molar-refractivity contribution >= 4 is 24.0 Å². The topological polar surface area (TPSA) is 84.6 Å². The fourth-order valence-corrected chi connectivity index (χ4v) is 3.51. The molecule has 1 aromatic carbocycles. The second-order valence-electron chi connectivity index (χ2n) is 6.79. The van der Waals surface area contributed by atoms with Crippen molar-refractivity contribution in [2.45, 2.75) is 63.2 Å². The van der Waals surface area contributed by atoms with Crippen molar-refractivity contribution in [3.63, 3.8) is 0 Å². The van der Waals surface area contributed by atoms with Crippen LogP contribution < -0.4 is 15.8 Å². The monoisotopic (exact) mass is 354 g/mol. The van der Waals surface area contributed by atoms with Gasteiger partial charge in [0.1, 0.15) is 11.9 Å². The van der Waals surface area contributed by atoms with Crippen molar-refractivity contribution in [1.82, 2.24) is 0 Å². The smallest absolute Gasteiger partial charge is 0.227 e. The Morgan fingerprint density at radius 2 is 1.83 bits per heavy atom. The first-order valence-corrected chi connectivity index (χ1v) is 8.63. The SMILES string of the molecule is Cl.NC1CCC(C(=O)Nc2ccc(OC3CCCCC3O)cc2)C1. The van der Waals surface area contributed by atoms with E-state index in [1.54, 1.807) is 0 Å². The number of carbonyl (C=O) groups excluding carboxylic acids is 1. The summed E-state index contributed by atoms with van der Waals surface area (Å²) in [6.07, 6.45) is 5.92. The highest BCUT2D eigenvalue weighted by atomic mass is 35.5. The number of halogens is 1. The Hall–Kier alpha value is -1.30. The van der Waals surface area contributed by atoms with Crippen LogP contribution in [-0.2, 0) is 4.79 Å². The van der Waals surface area contributed by atoms with Gasteiger partial charge >= 0.3 is 0 Å². The Morgan fingerprint density at radius 3 is 2.46 bits per heavy atom. The molecule has 1 amide bonds.